The maximum absolute atomic E-state index is 12.7. The summed E-state index contributed by atoms with van der Waals surface area (Å²) in [5.41, 5.74) is 1.44. The molecule has 0 spiro atoms. The summed E-state index contributed by atoms with van der Waals surface area (Å²) >= 11 is 1.25. The molecular formula is C20H19N3O5S. The Labute approximate surface area is 170 Å². The number of aryl methyl sites for hydroxylation is 1. The highest BCUT2D eigenvalue weighted by atomic mass is 32.1. The first-order valence-electron chi connectivity index (χ1n) is 9.05. The van der Waals surface area contributed by atoms with Crippen molar-refractivity contribution >= 4 is 39.1 Å². The zero-order chi connectivity index (χ0) is 21.0. The third-order valence-electron chi connectivity index (χ3n) is 4.28. The fraction of sp³-hybridized carbons (Fsp3) is 0.250. The highest BCUT2D eigenvalue weighted by molar-refractivity contribution is 7.16. The zero-order valence-corrected chi connectivity index (χ0v) is 16.8. The van der Waals surface area contributed by atoms with Gasteiger partial charge in [0.25, 0.3) is 11.6 Å². The number of aromatic nitrogens is 1. The molecule has 0 aliphatic heterocycles. The smallest absolute Gasteiger partial charge is 0.326 e. The summed E-state index contributed by atoms with van der Waals surface area (Å²) in [5.74, 6) is -1.19. The molecule has 9 heteroatoms. The lowest BCUT2D eigenvalue weighted by Crippen LogP contribution is -2.23. The van der Waals surface area contributed by atoms with Gasteiger partial charge in [-0.15, -0.1) is 0 Å². The highest BCUT2D eigenvalue weighted by Crippen LogP contribution is 2.21. The number of amides is 1. The van der Waals surface area contributed by atoms with Crippen molar-refractivity contribution in [3.8, 4) is 0 Å². The molecule has 2 aromatic carbocycles. The predicted molar refractivity (Wildman–Crippen MR) is 109 cm³/mol. The lowest BCUT2D eigenvalue weighted by Gasteiger charge is -2.05. The number of para-hydroxylation sites is 1. The third-order valence-corrected chi connectivity index (χ3v) is 5.32. The average molecular weight is 413 g/mol. The van der Waals surface area contributed by atoms with Gasteiger partial charge in [0.15, 0.2) is 4.80 Å². The average Bonchev–Trinajstić information content (AvgIpc) is 3.04. The van der Waals surface area contributed by atoms with Gasteiger partial charge < -0.3 is 9.30 Å². The minimum atomic E-state index is -0.739. The maximum atomic E-state index is 12.7. The first-order valence-corrected chi connectivity index (χ1v) is 9.86. The summed E-state index contributed by atoms with van der Waals surface area (Å²) in [5, 5.41) is 11.2. The van der Waals surface area contributed by atoms with E-state index in [0.29, 0.717) is 0 Å². The summed E-state index contributed by atoms with van der Waals surface area (Å²) in [6.45, 7) is 3.88. The molecule has 3 rings (SSSR count). The Bertz CT molecular complexity index is 1160. The van der Waals surface area contributed by atoms with Crippen LogP contribution in [0.15, 0.2) is 47.5 Å². The number of hydrogen-bond donors (Lipinski definition) is 0. The van der Waals surface area contributed by atoms with Gasteiger partial charge in [-0.2, -0.15) is 4.99 Å². The van der Waals surface area contributed by atoms with Crippen LogP contribution in [0.4, 0.5) is 5.69 Å². The number of nitro benzene ring substituents is 1. The summed E-state index contributed by atoms with van der Waals surface area (Å²) in [4.78, 5) is 39.8. The van der Waals surface area contributed by atoms with Gasteiger partial charge in [0, 0.05) is 6.07 Å². The first-order chi connectivity index (χ1) is 13.9. The summed E-state index contributed by atoms with van der Waals surface area (Å²) in [7, 11) is 0. The third kappa shape index (κ3) is 4.40. The molecule has 0 bridgehead atoms. The van der Waals surface area contributed by atoms with E-state index in [2.05, 4.69) is 4.99 Å². The molecule has 0 saturated heterocycles. The summed E-state index contributed by atoms with van der Waals surface area (Å²) in [6.07, 6.45) is 0.841. The molecular weight excluding hydrogens is 394 g/mol. The fourth-order valence-corrected chi connectivity index (χ4v) is 3.96. The quantitative estimate of drug-likeness (QED) is 0.350. The van der Waals surface area contributed by atoms with Crippen LogP contribution in [0.1, 0.15) is 29.8 Å². The number of thiazole rings is 1. The maximum Gasteiger partial charge on any atom is 0.326 e. The normalized spacial score (nSPS) is 11.6. The SMILES string of the molecule is CCOC(=O)Cn1c(=NC(=O)c2ccccc2[N+](=O)[O-])sc2cc(CC)ccc21. The second-order valence-electron chi connectivity index (χ2n) is 6.12. The van der Waals surface area contributed by atoms with Crippen molar-refractivity contribution in [2.75, 3.05) is 6.61 Å². The Morgan fingerprint density at radius 1 is 1.21 bits per heavy atom. The number of carbonyl (C=O) groups excluding carboxylic acids is 2. The Morgan fingerprint density at radius 2 is 1.97 bits per heavy atom. The van der Waals surface area contributed by atoms with Gasteiger partial charge in [-0.05, 0) is 37.1 Å². The standard InChI is InChI=1S/C20H19N3O5S/c1-3-13-9-10-16-17(11-13)29-20(22(16)12-18(24)28-4-2)21-19(25)14-7-5-6-8-15(14)23(26)27/h5-11H,3-4,12H2,1-2H3. The van der Waals surface area contributed by atoms with Gasteiger partial charge in [0.05, 0.1) is 21.7 Å². The van der Waals surface area contributed by atoms with Gasteiger partial charge in [-0.25, -0.2) is 0 Å². The minimum absolute atomic E-state index is 0.105. The topological polar surface area (TPSA) is 104 Å². The molecule has 1 heterocycles. The van der Waals surface area contributed by atoms with E-state index in [1.54, 1.807) is 17.6 Å². The highest BCUT2D eigenvalue weighted by Gasteiger charge is 2.20. The molecule has 0 saturated carbocycles. The van der Waals surface area contributed by atoms with Crippen LogP contribution in [0.25, 0.3) is 10.2 Å². The number of rotatable bonds is 6. The van der Waals surface area contributed by atoms with E-state index >= 15 is 0 Å². The number of benzene rings is 2. The van der Waals surface area contributed by atoms with Gasteiger partial charge in [0.2, 0.25) is 0 Å². The second kappa shape index (κ2) is 8.78. The Balaban J connectivity index is 2.15. The van der Waals surface area contributed by atoms with Crippen LogP contribution in [0.2, 0.25) is 0 Å². The monoisotopic (exact) mass is 413 g/mol. The van der Waals surface area contributed by atoms with Crippen LogP contribution < -0.4 is 4.80 Å². The molecule has 0 unspecified atom stereocenters. The lowest BCUT2D eigenvalue weighted by atomic mass is 10.1. The lowest BCUT2D eigenvalue weighted by molar-refractivity contribution is -0.385. The Hall–Kier alpha value is -3.33. The number of carbonyl (C=O) groups is 2. The number of ether oxygens (including phenoxy) is 1. The van der Waals surface area contributed by atoms with Crippen LogP contribution in [-0.4, -0.2) is 28.0 Å². The number of nitrogens with zero attached hydrogens (tertiary/aromatic N) is 3. The molecule has 0 aliphatic carbocycles. The van der Waals surface area contributed by atoms with Crippen molar-refractivity contribution in [1.29, 1.82) is 0 Å². The summed E-state index contributed by atoms with van der Waals surface area (Å²) in [6, 6.07) is 11.5. The van der Waals surface area contributed by atoms with Crippen molar-refractivity contribution in [1.82, 2.24) is 4.57 Å². The van der Waals surface area contributed by atoms with Crippen LogP contribution in [0.5, 0.6) is 0 Å². The molecule has 0 atom stereocenters. The van der Waals surface area contributed by atoms with Crippen LogP contribution in [-0.2, 0) is 22.5 Å². The number of fused-ring (bicyclic) bond motifs is 1. The summed E-state index contributed by atoms with van der Waals surface area (Å²) < 4.78 is 7.50. The molecule has 1 aromatic heterocycles. The van der Waals surface area contributed by atoms with Crippen molar-refractivity contribution in [2.24, 2.45) is 4.99 Å². The van der Waals surface area contributed by atoms with Crippen molar-refractivity contribution in [2.45, 2.75) is 26.8 Å². The largest absolute Gasteiger partial charge is 0.465 e. The molecule has 1 amide bonds. The molecule has 8 nitrogen and oxygen atoms in total. The van der Waals surface area contributed by atoms with Gasteiger partial charge >= 0.3 is 5.97 Å². The molecule has 0 radical (unpaired) electrons. The number of nitro groups is 1. The van der Waals surface area contributed by atoms with Gasteiger partial charge in [0.1, 0.15) is 12.1 Å². The van der Waals surface area contributed by atoms with Crippen molar-refractivity contribution < 1.29 is 19.2 Å². The molecule has 150 valence electrons. The van der Waals surface area contributed by atoms with E-state index in [0.717, 1.165) is 22.2 Å². The van der Waals surface area contributed by atoms with E-state index in [4.69, 9.17) is 4.74 Å². The zero-order valence-electron chi connectivity index (χ0n) is 16.0. The predicted octanol–water partition coefficient (Wildman–Crippen LogP) is 3.48. The number of hydrogen-bond acceptors (Lipinski definition) is 6. The van der Waals surface area contributed by atoms with E-state index in [1.165, 1.54) is 29.5 Å². The molecule has 0 N–H and O–H groups in total. The van der Waals surface area contributed by atoms with E-state index in [1.807, 2.05) is 25.1 Å². The van der Waals surface area contributed by atoms with Crippen LogP contribution in [0, 0.1) is 10.1 Å². The van der Waals surface area contributed by atoms with Crippen molar-refractivity contribution in [3.05, 3.63) is 68.5 Å². The van der Waals surface area contributed by atoms with E-state index in [-0.39, 0.29) is 29.2 Å². The van der Waals surface area contributed by atoms with Crippen LogP contribution >= 0.6 is 11.3 Å². The van der Waals surface area contributed by atoms with Crippen molar-refractivity contribution in [3.63, 3.8) is 0 Å². The fourth-order valence-electron chi connectivity index (χ4n) is 2.87. The Kier molecular flexibility index (Phi) is 6.18. The van der Waals surface area contributed by atoms with E-state index < -0.39 is 16.8 Å². The van der Waals surface area contributed by atoms with E-state index in [9.17, 15) is 19.7 Å². The minimum Gasteiger partial charge on any atom is -0.465 e. The first kappa shape index (κ1) is 20.4. The number of esters is 1. The molecule has 0 aliphatic rings. The van der Waals surface area contributed by atoms with Gasteiger partial charge in [-0.3, -0.25) is 19.7 Å². The second-order valence-corrected chi connectivity index (χ2v) is 7.13. The molecule has 0 fully saturated rings. The molecule has 3 aromatic rings. The Morgan fingerprint density at radius 3 is 2.66 bits per heavy atom. The van der Waals surface area contributed by atoms with Crippen LogP contribution in [0.3, 0.4) is 0 Å². The van der Waals surface area contributed by atoms with Gasteiger partial charge in [-0.1, -0.05) is 36.5 Å². The molecule has 29 heavy (non-hydrogen) atoms.